The van der Waals surface area contributed by atoms with E-state index < -0.39 is 110 Å². The molecule has 0 unspecified atom stereocenters. The van der Waals surface area contributed by atoms with Crippen molar-refractivity contribution in [2.45, 2.75) is 64.3 Å². The molecule has 0 aliphatic rings. The minimum atomic E-state index is -1.30. The molecule has 5 atom stereocenters. The van der Waals surface area contributed by atoms with Gasteiger partial charge in [-0.3, -0.25) is 38.4 Å². The van der Waals surface area contributed by atoms with E-state index in [-0.39, 0.29) is 40.9 Å². The van der Waals surface area contributed by atoms with Crippen molar-refractivity contribution < 1.29 is 65.3 Å². The molecule has 8 amide bonds. The van der Waals surface area contributed by atoms with Gasteiger partial charge in [-0.05, 0) is 26.2 Å². The molecule has 0 heterocycles. The van der Waals surface area contributed by atoms with E-state index in [2.05, 4.69) is 67.8 Å². The van der Waals surface area contributed by atoms with Crippen LogP contribution in [0.2, 0.25) is 0 Å². The number of rotatable bonds is 21. The summed E-state index contributed by atoms with van der Waals surface area (Å²) in [4.78, 5) is 108. The molecular weight excluding hydrogens is 726 g/mol. The Bertz CT molecular complexity index is 1170. The summed E-state index contributed by atoms with van der Waals surface area (Å²) < 4.78 is 0. The molecular formula is C26H45CuN9O10S2+2. The number of hydrogen-bond acceptors (Lipinski definition) is 12. The first-order valence-corrected chi connectivity index (χ1v) is 15.7. The van der Waals surface area contributed by atoms with Gasteiger partial charge in [0.2, 0.25) is 47.3 Å². The van der Waals surface area contributed by atoms with Crippen LogP contribution in [0.3, 0.4) is 0 Å². The van der Waals surface area contributed by atoms with Crippen molar-refractivity contribution in [1.82, 2.24) is 42.5 Å². The van der Waals surface area contributed by atoms with Gasteiger partial charge in [0, 0.05) is 11.5 Å². The van der Waals surface area contributed by atoms with Gasteiger partial charge in [0.25, 0.3) is 0 Å². The van der Waals surface area contributed by atoms with Crippen molar-refractivity contribution in [3.63, 3.8) is 0 Å². The van der Waals surface area contributed by atoms with Crippen molar-refractivity contribution >= 4 is 78.5 Å². The van der Waals surface area contributed by atoms with E-state index in [1.54, 1.807) is 0 Å². The van der Waals surface area contributed by atoms with Gasteiger partial charge < -0.3 is 53.4 Å². The van der Waals surface area contributed by atoms with Crippen LogP contribution in [0.5, 0.6) is 0 Å². The van der Waals surface area contributed by atoms with E-state index in [0.717, 1.165) is 0 Å². The number of nitrogens with one attached hydrogen (secondary N) is 8. The molecule has 11 N–H and O–H groups in total. The van der Waals surface area contributed by atoms with E-state index >= 15 is 0 Å². The Balaban J connectivity index is 0. The SMILES string of the molecule is CC(C)C[C@H](NC(=O)[C@@H](N)CS)C(=O)NCC(=O)N[C@@H](C)C(=O)NCC(=O)NCC(=O)N[C@@H](C)C(=O)NCC(=O)N[C@@H](CS)C(=O)O.[Cu+2]. The third-order valence-electron chi connectivity index (χ3n) is 5.95. The zero-order valence-corrected chi connectivity index (χ0v) is 29.5. The summed E-state index contributed by atoms with van der Waals surface area (Å²) in [6.07, 6.45) is 0.282. The molecule has 0 saturated carbocycles. The van der Waals surface area contributed by atoms with Crippen LogP contribution in [0.4, 0.5) is 0 Å². The normalized spacial score (nSPS) is 13.5. The first-order chi connectivity index (χ1) is 21.9. The van der Waals surface area contributed by atoms with E-state index in [4.69, 9.17) is 10.8 Å². The Morgan fingerprint density at radius 2 is 0.979 bits per heavy atom. The largest absolute Gasteiger partial charge is 2.00 e. The van der Waals surface area contributed by atoms with Gasteiger partial charge in [0.05, 0.1) is 32.2 Å². The maximum absolute atomic E-state index is 12.6. The molecule has 0 aromatic carbocycles. The van der Waals surface area contributed by atoms with E-state index in [0.29, 0.717) is 0 Å². The van der Waals surface area contributed by atoms with Crippen LogP contribution >= 0.6 is 25.3 Å². The van der Waals surface area contributed by atoms with Crippen LogP contribution in [0.25, 0.3) is 0 Å². The third kappa shape index (κ3) is 19.9. The summed E-state index contributed by atoms with van der Waals surface area (Å²) in [5.41, 5.74) is 5.64. The van der Waals surface area contributed by atoms with Gasteiger partial charge >= 0.3 is 23.0 Å². The van der Waals surface area contributed by atoms with Gasteiger partial charge in [-0.15, -0.1) is 0 Å². The maximum atomic E-state index is 12.6. The minimum absolute atomic E-state index is 0. The Morgan fingerprint density at radius 1 is 0.562 bits per heavy atom. The smallest absolute Gasteiger partial charge is 0.480 e. The summed E-state index contributed by atoms with van der Waals surface area (Å²) >= 11 is 7.76. The van der Waals surface area contributed by atoms with Gasteiger partial charge in [0.1, 0.15) is 24.2 Å². The van der Waals surface area contributed by atoms with E-state index in [9.17, 15) is 43.2 Å². The zero-order chi connectivity index (χ0) is 36.3. The van der Waals surface area contributed by atoms with Crippen molar-refractivity contribution in [3.05, 3.63) is 0 Å². The Morgan fingerprint density at radius 3 is 1.40 bits per heavy atom. The molecule has 0 fully saturated rings. The van der Waals surface area contributed by atoms with Gasteiger partial charge in [-0.1, -0.05) is 13.8 Å². The van der Waals surface area contributed by atoms with Crippen molar-refractivity contribution in [1.29, 1.82) is 0 Å². The van der Waals surface area contributed by atoms with Crippen molar-refractivity contribution in [2.75, 3.05) is 37.7 Å². The maximum Gasteiger partial charge on any atom is 2.00 e. The number of hydrogen-bond donors (Lipinski definition) is 12. The molecule has 0 spiro atoms. The average Bonchev–Trinajstić information content (AvgIpc) is 3.01. The number of thiol groups is 2. The number of carboxylic acid groups (broad SMARTS) is 1. The second-order valence-corrected chi connectivity index (χ2v) is 11.4. The van der Waals surface area contributed by atoms with E-state index in [1.165, 1.54) is 13.8 Å². The molecule has 0 bridgehead atoms. The third-order valence-corrected chi connectivity index (χ3v) is 6.71. The fourth-order valence-corrected chi connectivity index (χ4v) is 3.80. The molecule has 1 radical (unpaired) electrons. The molecule has 275 valence electrons. The van der Waals surface area contributed by atoms with Crippen molar-refractivity contribution in [3.8, 4) is 0 Å². The Kier molecular flexibility index (Phi) is 23.8. The van der Waals surface area contributed by atoms with Gasteiger partial charge in [-0.2, -0.15) is 25.3 Å². The zero-order valence-electron chi connectivity index (χ0n) is 26.8. The molecule has 0 aliphatic heterocycles. The number of carbonyl (C=O) groups is 9. The first kappa shape index (κ1) is 46.5. The number of nitrogens with two attached hydrogens (primary N) is 1. The molecule has 0 aromatic heterocycles. The molecule has 0 aliphatic carbocycles. The van der Waals surface area contributed by atoms with Crippen LogP contribution in [0.1, 0.15) is 34.1 Å². The van der Waals surface area contributed by atoms with Crippen LogP contribution in [-0.4, -0.2) is 126 Å². The first-order valence-electron chi connectivity index (χ1n) is 14.4. The van der Waals surface area contributed by atoms with Crippen LogP contribution in [0.15, 0.2) is 0 Å². The fraction of sp³-hybridized carbons (Fsp3) is 0.654. The number of aliphatic carboxylic acids is 1. The Hall–Kier alpha value is -3.59. The van der Waals surface area contributed by atoms with Crippen LogP contribution in [0, 0.1) is 5.92 Å². The molecule has 0 aromatic rings. The van der Waals surface area contributed by atoms with Crippen LogP contribution < -0.4 is 48.3 Å². The standard InChI is InChI=1S/C26H45N9O10S2.Cu/c1-12(2)5-16(35-24(42)15(27)10-46)25(43)31-8-20(38)33-13(3)22(40)29-6-18(36)28-7-19(37)32-14(4)23(41)30-9-21(39)34-17(11-47)26(44)45;/h12-17,46-47H,5-11,27H2,1-4H3,(H,28,36)(H,29,40)(H,30,41)(H,31,43)(H,32,37)(H,33,38)(H,34,39)(H,35,42)(H,44,45);/q;+2/t13-,14-,15-,16-,17-;/m0./s1. The predicted octanol–water partition coefficient (Wildman–Crippen LogP) is -5.25. The molecule has 22 heteroatoms. The second-order valence-electron chi connectivity index (χ2n) is 10.6. The fourth-order valence-electron chi connectivity index (χ4n) is 3.38. The molecule has 48 heavy (non-hydrogen) atoms. The number of carboxylic acids is 1. The monoisotopic (exact) mass is 770 g/mol. The van der Waals surface area contributed by atoms with Crippen LogP contribution in [-0.2, 0) is 60.2 Å². The minimum Gasteiger partial charge on any atom is -0.480 e. The number of amides is 8. The number of carbonyl (C=O) groups excluding carboxylic acids is 8. The molecule has 0 rings (SSSR count). The van der Waals surface area contributed by atoms with Gasteiger partial charge in [-0.25, -0.2) is 4.79 Å². The summed E-state index contributed by atoms with van der Waals surface area (Å²) in [5, 5.41) is 27.3. The Labute approximate surface area is 299 Å². The quantitative estimate of drug-likeness (QED) is 0.0387. The summed E-state index contributed by atoms with van der Waals surface area (Å²) in [6, 6.07) is -5.32. The second kappa shape index (κ2) is 24.5. The topological polar surface area (TPSA) is 296 Å². The predicted molar refractivity (Wildman–Crippen MR) is 174 cm³/mol. The van der Waals surface area contributed by atoms with Crippen molar-refractivity contribution in [2.24, 2.45) is 11.7 Å². The van der Waals surface area contributed by atoms with Gasteiger partial charge in [0.15, 0.2) is 0 Å². The molecule has 0 saturated heterocycles. The summed E-state index contributed by atoms with van der Waals surface area (Å²) in [5.74, 6) is -7.07. The summed E-state index contributed by atoms with van der Waals surface area (Å²) in [7, 11) is 0. The van der Waals surface area contributed by atoms with E-state index in [1.807, 2.05) is 13.8 Å². The summed E-state index contributed by atoms with van der Waals surface area (Å²) in [6.45, 7) is 4.17. The molecule has 19 nitrogen and oxygen atoms in total. The average molecular weight is 771 g/mol.